The Balaban J connectivity index is 0.000000323. The molecule has 0 nitrogen and oxygen atoms in total. The predicted molar refractivity (Wildman–Crippen MR) is 118 cm³/mol. The monoisotopic (exact) mass is 372 g/mol. The lowest BCUT2D eigenvalue weighted by Crippen LogP contribution is -2.50. The average Bonchev–Trinajstić information content (AvgIpc) is 3.13. The molecule has 0 aromatic rings. The largest absolute Gasteiger partial charge is 0.0625 e. The highest BCUT2D eigenvalue weighted by Gasteiger charge is 2.72. The van der Waals surface area contributed by atoms with Crippen LogP contribution in [0.15, 0.2) is 0 Å². The van der Waals surface area contributed by atoms with Crippen LogP contribution in [0.2, 0.25) is 0 Å². The molecule has 0 bridgehead atoms. The van der Waals surface area contributed by atoms with E-state index in [9.17, 15) is 0 Å². The molecule has 0 saturated heterocycles. The van der Waals surface area contributed by atoms with E-state index in [1.54, 1.807) is 51.4 Å². The number of hydrogen-bond donors (Lipinski definition) is 0. The molecule has 5 aliphatic carbocycles. The topological polar surface area (TPSA) is 0 Å². The van der Waals surface area contributed by atoms with Gasteiger partial charge in [-0.2, -0.15) is 0 Å². The minimum atomic E-state index is 0.500. The van der Waals surface area contributed by atoms with Gasteiger partial charge in [0.2, 0.25) is 0 Å². The second kappa shape index (κ2) is 6.77. The van der Waals surface area contributed by atoms with E-state index >= 15 is 0 Å². The van der Waals surface area contributed by atoms with Crippen molar-refractivity contribution in [1.29, 1.82) is 0 Å². The zero-order valence-electron chi connectivity index (χ0n) is 19.6. The fourth-order valence-corrected chi connectivity index (χ4v) is 9.03. The third-order valence-corrected chi connectivity index (χ3v) is 9.89. The first-order valence-corrected chi connectivity index (χ1v) is 12.6. The van der Waals surface area contributed by atoms with Gasteiger partial charge < -0.3 is 0 Å². The second-order valence-corrected chi connectivity index (χ2v) is 13.6. The van der Waals surface area contributed by atoms with Crippen LogP contribution in [0.5, 0.6) is 0 Å². The lowest BCUT2D eigenvalue weighted by Gasteiger charge is -2.58. The molecule has 0 radical (unpaired) electrons. The van der Waals surface area contributed by atoms with Gasteiger partial charge in [0.1, 0.15) is 0 Å². The molecular weight excluding hydrogens is 324 g/mol. The summed E-state index contributed by atoms with van der Waals surface area (Å²) in [5.41, 5.74) is 2.10. The third kappa shape index (κ3) is 3.34. The Morgan fingerprint density at radius 2 is 1.52 bits per heavy atom. The van der Waals surface area contributed by atoms with Crippen LogP contribution < -0.4 is 0 Å². The van der Waals surface area contributed by atoms with E-state index in [2.05, 4.69) is 48.5 Å². The maximum Gasteiger partial charge on any atom is -0.0204 e. The lowest BCUT2D eigenvalue weighted by atomic mass is 9.47. The van der Waals surface area contributed by atoms with Gasteiger partial charge in [-0.15, -0.1) is 0 Å². The molecule has 5 saturated carbocycles. The van der Waals surface area contributed by atoms with Crippen LogP contribution >= 0.6 is 0 Å². The number of rotatable bonds is 1. The molecule has 0 amide bonds. The van der Waals surface area contributed by atoms with Gasteiger partial charge in [0.25, 0.3) is 0 Å². The molecule has 1 spiro atoms. The highest BCUT2D eigenvalue weighted by molar-refractivity contribution is 5.20. The van der Waals surface area contributed by atoms with Crippen LogP contribution in [0.1, 0.15) is 113 Å². The van der Waals surface area contributed by atoms with E-state index in [-0.39, 0.29) is 0 Å². The zero-order valence-corrected chi connectivity index (χ0v) is 19.6. The molecule has 8 unspecified atom stereocenters. The van der Waals surface area contributed by atoms with E-state index < -0.39 is 0 Å². The Morgan fingerprint density at radius 3 is 2.19 bits per heavy atom. The molecule has 27 heavy (non-hydrogen) atoms. The van der Waals surface area contributed by atoms with E-state index in [1.807, 2.05) is 0 Å². The Labute approximate surface area is 170 Å². The highest BCUT2D eigenvalue weighted by Crippen LogP contribution is 2.79. The summed E-state index contributed by atoms with van der Waals surface area (Å²) in [6.45, 7) is 16.5. The van der Waals surface area contributed by atoms with Gasteiger partial charge in [-0.3, -0.25) is 0 Å². The van der Waals surface area contributed by atoms with Gasteiger partial charge in [0.15, 0.2) is 0 Å². The third-order valence-electron chi connectivity index (χ3n) is 9.89. The Bertz CT molecular complexity index is 533. The average molecular weight is 373 g/mol. The summed E-state index contributed by atoms with van der Waals surface area (Å²) < 4.78 is 0. The molecule has 5 aliphatic rings. The summed E-state index contributed by atoms with van der Waals surface area (Å²) in [5.74, 6) is 7.64. The van der Waals surface area contributed by atoms with Crippen molar-refractivity contribution in [2.75, 3.05) is 0 Å². The van der Waals surface area contributed by atoms with Crippen molar-refractivity contribution in [1.82, 2.24) is 0 Å². The maximum atomic E-state index is 2.73. The summed E-state index contributed by atoms with van der Waals surface area (Å²) in [7, 11) is 0. The smallest absolute Gasteiger partial charge is 0.0204 e. The van der Waals surface area contributed by atoms with E-state index in [1.165, 1.54) is 12.8 Å². The molecule has 0 heterocycles. The Hall–Kier alpha value is 0. The fraction of sp³-hybridized carbons (Fsp3) is 1.00. The molecular formula is C27H48. The lowest BCUT2D eigenvalue weighted by molar-refractivity contribution is -0.0913. The van der Waals surface area contributed by atoms with E-state index in [4.69, 9.17) is 0 Å². The molecule has 5 rings (SSSR count). The number of hydrogen-bond acceptors (Lipinski definition) is 0. The van der Waals surface area contributed by atoms with Gasteiger partial charge in [-0.1, -0.05) is 61.3 Å². The molecule has 0 aliphatic heterocycles. The molecule has 0 aromatic carbocycles. The molecule has 0 N–H and O–H groups in total. The van der Waals surface area contributed by atoms with Gasteiger partial charge in [0, 0.05) is 0 Å². The molecule has 8 atom stereocenters. The van der Waals surface area contributed by atoms with Crippen LogP contribution in [0, 0.1) is 57.7 Å². The summed E-state index contributed by atoms with van der Waals surface area (Å²) in [6, 6.07) is 0. The fourth-order valence-electron chi connectivity index (χ4n) is 9.03. The molecule has 0 heteroatoms. The SMILES string of the molecule is CC(C)(C)C.CC(C)C1CCC2C3CCC4CCCCC4(C)C3CC3CC312. The van der Waals surface area contributed by atoms with Crippen molar-refractivity contribution in [3.05, 3.63) is 0 Å². The second-order valence-electron chi connectivity index (χ2n) is 13.6. The summed E-state index contributed by atoms with van der Waals surface area (Å²) >= 11 is 0. The van der Waals surface area contributed by atoms with Crippen molar-refractivity contribution >= 4 is 0 Å². The minimum Gasteiger partial charge on any atom is -0.0625 e. The molecule has 156 valence electrons. The number of fused-ring (bicyclic) bond motifs is 4. The highest BCUT2D eigenvalue weighted by atomic mass is 14.8. The Kier molecular flexibility index (Phi) is 5.08. The van der Waals surface area contributed by atoms with Gasteiger partial charge in [0.05, 0.1) is 0 Å². The van der Waals surface area contributed by atoms with Crippen LogP contribution in [-0.2, 0) is 0 Å². The van der Waals surface area contributed by atoms with Crippen LogP contribution in [0.3, 0.4) is 0 Å². The standard InChI is InChI=1S/C22H36.C5H12/c1-14(2)18-9-10-19-17-8-7-15-6-4-5-11-21(15,3)20(17)12-16-13-22(16,18)19;1-5(2,3)4/h14-20H,4-13H2,1-3H3;1-4H3. The van der Waals surface area contributed by atoms with Crippen LogP contribution in [-0.4, -0.2) is 0 Å². The summed E-state index contributed by atoms with van der Waals surface area (Å²) in [4.78, 5) is 0. The van der Waals surface area contributed by atoms with Crippen LogP contribution in [0.25, 0.3) is 0 Å². The van der Waals surface area contributed by atoms with Crippen molar-refractivity contribution in [2.24, 2.45) is 57.7 Å². The van der Waals surface area contributed by atoms with Gasteiger partial charge in [-0.25, -0.2) is 0 Å². The van der Waals surface area contributed by atoms with E-state index in [0.29, 0.717) is 5.41 Å². The van der Waals surface area contributed by atoms with Crippen LogP contribution in [0.4, 0.5) is 0 Å². The zero-order chi connectivity index (χ0) is 19.6. The first-order chi connectivity index (χ1) is 12.6. The molecule has 5 fully saturated rings. The minimum absolute atomic E-state index is 0.500. The van der Waals surface area contributed by atoms with Crippen molar-refractivity contribution in [3.63, 3.8) is 0 Å². The van der Waals surface area contributed by atoms with Crippen molar-refractivity contribution < 1.29 is 0 Å². The quantitative estimate of drug-likeness (QED) is 0.434. The van der Waals surface area contributed by atoms with Crippen molar-refractivity contribution in [2.45, 2.75) is 113 Å². The first kappa shape index (κ1) is 20.3. The maximum absolute atomic E-state index is 2.73. The summed E-state index contributed by atoms with van der Waals surface area (Å²) in [6.07, 6.45) is 15.8. The predicted octanol–water partition coefficient (Wildman–Crippen LogP) is 8.35. The Morgan fingerprint density at radius 1 is 0.815 bits per heavy atom. The normalized spacial score (nSPS) is 50.7. The summed E-state index contributed by atoms with van der Waals surface area (Å²) in [5, 5.41) is 0. The molecule has 0 aromatic heterocycles. The van der Waals surface area contributed by atoms with Crippen molar-refractivity contribution in [3.8, 4) is 0 Å². The van der Waals surface area contributed by atoms with Gasteiger partial charge in [-0.05, 0) is 109 Å². The van der Waals surface area contributed by atoms with Gasteiger partial charge >= 0.3 is 0 Å². The first-order valence-electron chi connectivity index (χ1n) is 12.6. The van der Waals surface area contributed by atoms with E-state index in [0.717, 1.165) is 52.3 Å².